The maximum Gasteiger partial charge on any atom is 1.00 e. The number of nitrogens with zero attached hydrogens (tertiary/aromatic N) is 1. The Hall–Kier alpha value is 0.120. The third-order valence-corrected chi connectivity index (χ3v) is 2.39. The van der Waals surface area contributed by atoms with Crippen LogP contribution in [0.5, 0.6) is 0 Å². The molecule has 0 N–H and O–H groups in total. The van der Waals surface area contributed by atoms with Crippen molar-refractivity contribution in [2.45, 2.75) is 13.3 Å². The summed E-state index contributed by atoms with van der Waals surface area (Å²) in [6, 6.07) is 0. The van der Waals surface area contributed by atoms with Gasteiger partial charge in [-0.05, 0) is 13.3 Å². The average Bonchev–Trinajstić information content (AvgIpc) is 2.00. The second-order valence-electron chi connectivity index (χ2n) is 3.12. The first-order valence-electron chi connectivity index (χ1n) is 4.08. The number of likely N-dealkylation sites (N-methyl/N-ethyl adjacent to an activating group) is 1. The average molecular weight is 243 g/mol. The molecule has 0 fully saturated rings. The number of rotatable bonds is 5. The van der Waals surface area contributed by atoms with Gasteiger partial charge in [0.15, 0.2) is 0 Å². The Bertz CT molecular complexity index is 326. The molecule has 0 aliphatic rings. The van der Waals surface area contributed by atoms with E-state index in [0.717, 1.165) is 0 Å². The normalized spacial score (nSPS) is 10.3. The molecule has 82 valence electrons. The minimum atomic E-state index is -4.18. The van der Waals surface area contributed by atoms with Crippen molar-refractivity contribution < 1.29 is 47.3 Å². The van der Waals surface area contributed by atoms with E-state index in [-0.39, 0.29) is 48.4 Å². The third-order valence-electron chi connectivity index (χ3n) is 1.60. The smallest absolute Gasteiger partial charge is 0.748 e. The molecule has 0 aromatic carbocycles. The summed E-state index contributed by atoms with van der Waals surface area (Å²) < 4.78 is 30.7. The van der Waals surface area contributed by atoms with Crippen molar-refractivity contribution in [3.8, 4) is 0 Å². The molecule has 0 radical (unpaired) electrons. The van der Waals surface area contributed by atoms with E-state index in [0.29, 0.717) is 5.57 Å². The van der Waals surface area contributed by atoms with Gasteiger partial charge in [0, 0.05) is 24.9 Å². The van der Waals surface area contributed by atoms with E-state index < -0.39 is 15.9 Å². The van der Waals surface area contributed by atoms with Crippen LogP contribution in [0.25, 0.3) is 0 Å². The summed E-state index contributed by atoms with van der Waals surface area (Å²) in [7, 11) is -2.64. The summed E-state index contributed by atoms with van der Waals surface area (Å²) in [4.78, 5) is 12.5. The Morgan fingerprint density at radius 1 is 1.47 bits per heavy atom. The largest absolute Gasteiger partial charge is 1.00 e. The summed E-state index contributed by atoms with van der Waals surface area (Å²) >= 11 is 0. The first-order valence-corrected chi connectivity index (χ1v) is 5.66. The molecular formula is C8H14NNaO4S. The molecule has 0 aromatic heterocycles. The molecule has 0 saturated carbocycles. The van der Waals surface area contributed by atoms with Gasteiger partial charge in [0.05, 0.1) is 10.1 Å². The SMILES string of the molecule is C=C(C)C(=O)N(C)CCCS(=O)(=O)[O-].[Na+]. The molecule has 0 spiro atoms. The fraction of sp³-hybridized carbons (Fsp3) is 0.625. The summed E-state index contributed by atoms with van der Waals surface area (Å²) in [6.07, 6.45) is 0.154. The Balaban J connectivity index is 0. The van der Waals surface area contributed by atoms with Crippen LogP contribution in [-0.2, 0) is 14.9 Å². The van der Waals surface area contributed by atoms with Crippen LogP contribution in [0.15, 0.2) is 12.2 Å². The minimum Gasteiger partial charge on any atom is -0.748 e. The predicted octanol–water partition coefficient (Wildman–Crippen LogP) is -3.04. The van der Waals surface area contributed by atoms with Gasteiger partial charge in [-0.3, -0.25) is 4.79 Å². The summed E-state index contributed by atoms with van der Waals surface area (Å²) in [6.45, 7) is 5.28. The van der Waals surface area contributed by atoms with Crippen LogP contribution in [-0.4, -0.2) is 43.1 Å². The Kier molecular flexibility index (Phi) is 8.64. The molecule has 0 aliphatic heterocycles. The van der Waals surface area contributed by atoms with Gasteiger partial charge in [0.2, 0.25) is 5.91 Å². The van der Waals surface area contributed by atoms with Crippen LogP contribution in [0.4, 0.5) is 0 Å². The molecule has 15 heavy (non-hydrogen) atoms. The van der Waals surface area contributed by atoms with Gasteiger partial charge in [-0.1, -0.05) is 6.58 Å². The molecule has 0 rings (SSSR count). The van der Waals surface area contributed by atoms with Gasteiger partial charge in [-0.25, -0.2) is 8.42 Å². The van der Waals surface area contributed by atoms with Crippen molar-refractivity contribution in [1.29, 1.82) is 0 Å². The molecule has 0 bridgehead atoms. The van der Waals surface area contributed by atoms with Crippen molar-refractivity contribution >= 4 is 16.0 Å². The number of hydrogen-bond acceptors (Lipinski definition) is 4. The van der Waals surface area contributed by atoms with Crippen LogP contribution in [0.1, 0.15) is 13.3 Å². The molecule has 0 unspecified atom stereocenters. The second kappa shape index (κ2) is 7.40. The van der Waals surface area contributed by atoms with E-state index in [1.165, 1.54) is 11.9 Å². The summed E-state index contributed by atoms with van der Waals surface area (Å²) in [5.41, 5.74) is 0.387. The molecule has 0 atom stereocenters. The first kappa shape index (κ1) is 17.5. The van der Waals surface area contributed by atoms with Gasteiger partial charge < -0.3 is 9.45 Å². The molecule has 5 nitrogen and oxygen atoms in total. The maximum atomic E-state index is 11.2. The first-order chi connectivity index (χ1) is 6.24. The van der Waals surface area contributed by atoms with Gasteiger partial charge in [-0.15, -0.1) is 0 Å². The fourth-order valence-corrected chi connectivity index (χ4v) is 1.39. The summed E-state index contributed by atoms with van der Waals surface area (Å²) in [5.74, 6) is -0.686. The van der Waals surface area contributed by atoms with Gasteiger partial charge in [0.25, 0.3) is 0 Å². The Morgan fingerprint density at radius 2 is 1.93 bits per heavy atom. The molecule has 0 saturated heterocycles. The molecular weight excluding hydrogens is 229 g/mol. The number of amides is 1. The summed E-state index contributed by atoms with van der Waals surface area (Å²) in [5, 5.41) is 0. The van der Waals surface area contributed by atoms with Crippen molar-refractivity contribution in [1.82, 2.24) is 4.90 Å². The zero-order valence-corrected chi connectivity index (χ0v) is 12.1. The maximum absolute atomic E-state index is 11.2. The van der Waals surface area contributed by atoms with Crippen molar-refractivity contribution in [2.24, 2.45) is 0 Å². The zero-order valence-electron chi connectivity index (χ0n) is 9.32. The van der Waals surface area contributed by atoms with Crippen LogP contribution in [0.2, 0.25) is 0 Å². The van der Waals surface area contributed by atoms with E-state index in [9.17, 15) is 17.8 Å². The van der Waals surface area contributed by atoms with E-state index in [4.69, 9.17) is 0 Å². The second-order valence-corrected chi connectivity index (χ2v) is 4.65. The van der Waals surface area contributed by atoms with Crippen molar-refractivity contribution in [3.63, 3.8) is 0 Å². The number of carbonyl (C=O) groups excluding carboxylic acids is 1. The van der Waals surface area contributed by atoms with E-state index in [2.05, 4.69) is 6.58 Å². The topological polar surface area (TPSA) is 77.5 Å². The van der Waals surface area contributed by atoms with Gasteiger partial charge in [-0.2, -0.15) is 0 Å². The van der Waals surface area contributed by atoms with Crippen molar-refractivity contribution in [2.75, 3.05) is 19.3 Å². The van der Waals surface area contributed by atoms with Crippen molar-refractivity contribution in [3.05, 3.63) is 12.2 Å². The zero-order chi connectivity index (χ0) is 11.4. The Morgan fingerprint density at radius 3 is 2.27 bits per heavy atom. The Labute approximate surface area is 113 Å². The van der Waals surface area contributed by atoms with Crippen LogP contribution in [0.3, 0.4) is 0 Å². The monoisotopic (exact) mass is 243 g/mol. The standard InChI is InChI=1S/C8H15NO4S.Na/c1-7(2)8(10)9(3)5-4-6-14(11,12)13;/h1,4-6H2,2-3H3,(H,11,12,13);/q;+1/p-1. The van der Waals surface area contributed by atoms with Crippen LogP contribution in [0, 0.1) is 0 Å². The third kappa shape index (κ3) is 9.07. The number of hydrogen-bond donors (Lipinski definition) is 0. The van der Waals surface area contributed by atoms with Crippen LogP contribution >= 0.6 is 0 Å². The number of carbonyl (C=O) groups is 1. The molecule has 7 heteroatoms. The van der Waals surface area contributed by atoms with E-state index in [1.54, 1.807) is 6.92 Å². The fourth-order valence-electron chi connectivity index (χ4n) is 0.906. The molecule has 0 heterocycles. The minimum absolute atomic E-state index is 0. The predicted molar refractivity (Wildman–Crippen MR) is 51.6 cm³/mol. The van der Waals surface area contributed by atoms with Gasteiger partial charge in [0.1, 0.15) is 0 Å². The molecule has 0 aliphatic carbocycles. The quantitative estimate of drug-likeness (QED) is 0.292. The molecule has 0 aromatic rings. The molecule has 1 amide bonds. The van der Waals surface area contributed by atoms with E-state index >= 15 is 0 Å². The van der Waals surface area contributed by atoms with Gasteiger partial charge >= 0.3 is 29.6 Å². The van der Waals surface area contributed by atoms with E-state index in [1.807, 2.05) is 0 Å². The van der Waals surface area contributed by atoms with Crippen LogP contribution < -0.4 is 29.6 Å².